The zero-order chi connectivity index (χ0) is 26.0. The molecule has 10 nitrogen and oxygen atoms in total. The van der Waals surface area contributed by atoms with Crippen molar-refractivity contribution in [3.63, 3.8) is 0 Å². The summed E-state index contributed by atoms with van der Waals surface area (Å²) in [6.45, 7) is 9.01. The highest BCUT2D eigenvalue weighted by Crippen LogP contribution is 2.12. The van der Waals surface area contributed by atoms with Crippen molar-refractivity contribution in [1.29, 1.82) is 0 Å². The molecule has 1 rings (SSSR count). The van der Waals surface area contributed by atoms with E-state index in [1.54, 1.807) is 12.1 Å². The number of carboxylic acids is 1. The van der Waals surface area contributed by atoms with E-state index in [1.165, 1.54) is 19.1 Å². The Morgan fingerprint density at radius 3 is 1.82 bits per heavy atom. The third kappa shape index (κ3) is 10.2. The first-order valence-electron chi connectivity index (χ1n) is 11.5. The van der Waals surface area contributed by atoms with E-state index < -0.39 is 47.9 Å². The molecular formula is C24H38N4O6. The van der Waals surface area contributed by atoms with Gasteiger partial charge in [-0.15, -0.1) is 0 Å². The molecule has 1 aromatic carbocycles. The molecule has 0 fully saturated rings. The summed E-state index contributed by atoms with van der Waals surface area (Å²) < 4.78 is 0. The molecule has 10 heteroatoms. The molecule has 0 aliphatic carbocycles. The fraction of sp³-hybridized carbons (Fsp3) is 0.583. The van der Waals surface area contributed by atoms with Gasteiger partial charge in [0.2, 0.25) is 17.7 Å². The van der Waals surface area contributed by atoms with Crippen LogP contribution in [0.15, 0.2) is 24.3 Å². The van der Waals surface area contributed by atoms with E-state index in [0.717, 1.165) is 0 Å². The van der Waals surface area contributed by atoms with Crippen LogP contribution < -0.4 is 21.7 Å². The van der Waals surface area contributed by atoms with E-state index in [2.05, 4.69) is 16.0 Å². The van der Waals surface area contributed by atoms with Crippen LogP contribution >= 0.6 is 0 Å². The summed E-state index contributed by atoms with van der Waals surface area (Å²) in [5, 5.41) is 26.6. The normalized spacial score (nSPS) is 14.7. The van der Waals surface area contributed by atoms with Crippen molar-refractivity contribution in [2.24, 2.45) is 17.6 Å². The summed E-state index contributed by atoms with van der Waals surface area (Å²) in [4.78, 5) is 49.6. The van der Waals surface area contributed by atoms with Crippen LogP contribution in [0.3, 0.4) is 0 Å². The predicted octanol–water partition coefficient (Wildman–Crippen LogP) is 0.913. The van der Waals surface area contributed by atoms with Crippen LogP contribution in [-0.4, -0.2) is 58.1 Å². The molecule has 3 amide bonds. The largest absolute Gasteiger partial charge is 0.508 e. The molecule has 0 aliphatic rings. The quantitative estimate of drug-likeness (QED) is 0.245. The second kappa shape index (κ2) is 13.5. The highest BCUT2D eigenvalue weighted by atomic mass is 16.4. The summed E-state index contributed by atoms with van der Waals surface area (Å²) in [5.41, 5.74) is 6.51. The Morgan fingerprint density at radius 1 is 0.794 bits per heavy atom. The van der Waals surface area contributed by atoms with Gasteiger partial charge in [0.1, 0.15) is 23.9 Å². The van der Waals surface area contributed by atoms with Gasteiger partial charge in [-0.3, -0.25) is 14.4 Å². The van der Waals surface area contributed by atoms with E-state index in [1.807, 2.05) is 27.7 Å². The first-order chi connectivity index (χ1) is 15.8. The maximum Gasteiger partial charge on any atom is 0.326 e. The summed E-state index contributed by atoms with van der Waals surface area (Å²) in [7, 11) is 0. The Morgan fingerprint density at radius 2 is 1.32 bits per heavy atom. The molecule has 4 atom stereocenters. The zero-order valence-corrected chi connectivity index (χ0v) is 20.5. The number of phenolic OH excluding ortho intramolecular Hbond substituents is 1. The van der Waals surface area contributed by atoms with Crippen molar-refractivity contribution in [3.8, 4) is 5.75 Å². The lowest BCUT2D eigenvalue weighted by Gasteiger charge is -2.24. The van der Waals surface area contributed by atoms with Crippen molar-refractivity contribution in [1.82, 2.24) is 16.0 Å². The van der Waals surface area contributed by atoms with Crippen molar-refractivity contribution < 1.29 is 29.4 Å². The fourth-order valence-corrected chi connectivity index (χ4v) is 3.34. The molecular weight excluding hydrogens is 440 g/mol. The number of hydrogen-bond donors (Lipinski definition) is 6. The van der Waals surface area contributed by atoms with Crippen molar-refractivity contribution in [3.05, 3.63) is 29.8 Å². The monoisotopic (exact) mass is 478 g/mol. The van der Waals surface area contributed by atoms with Crippen LogP contribution in [0.25, 0.3) is 0 Å². The highest BCUT2D eigenvalue weighted by molar-refractivity contribution is 5.94. The van der Waals surface area contributed by atoms with Gasteiger partial charge in [0.25, 0.3) is 0 Å². The maximum absolute atomic E-state index is 13.0. The summed E-state index contributed by atoms with van der Waals surface area (Å²) in [6.07, 6.45) is 0.735. The van der Waals surface area contributed by atoms with Gasteiger partial charge < -0.3 is 31.9 Å². The standard InChI is InChI=1S/C24H38N4O6/c1-13(2)10-18(25)22(31)26-15(5)21(30)27-19(12-16-6-8-17(29)9-7-16)23(32)28-20(24(33)34)11-14(3)4/h6-9,13-15,18-20,29H,10-12,25H2,1-5H3,(H,26,31)(H,27,30)(H,28,32)(H,33,34). The molecule has 0 heterocycles. The van der Waals surface area contributed by atoms with Gasteiger partial charge in [0.05, 0.1) is 6.04 Å². The van der Waals surface area contributed by atoms with Gasteiger partial charge in [-0.1, -0.05) is 39.8 Å². The summed E-state index contributed by atoms with van der Waals surface area (Å²) >= 11 is 0. The first kappa shape index (κ1) is 28.9. The van der Waals surface area contributed by atoms with E-state index in [-0.39, 0.29) is 30.4 Å². The minimum absolute atomic E-state index is 0.0248. The molecule has 4 unspecified atom stereocenters. The lowest BCUT2D eigenvalue weighted by molar-refractivity contribution is -0.142. The Bertz CT molecular complexity index is 840. The van der Waals surface area contributed by atoms with Gasteiger partial charge in [0.15, 0.2) is 0 Å². The Balaban J connectivity index is 2.97. The predicted molar refractivity (Wildman–Crippen MR) is 128 cm³/mol. The molecule has 0 spiro atoms. The van der Waals surface area contributed by atoms with E-state index >= 15 is 0 Å². The zero-order valence-electron chi connectivity index (χ0n) is 20.5. The van der Waals surface area contributed by atoms with Gasteiger partial charge >= 0.3 is 5.97 Å². The molecule has 0 radical (unpaired) electrons. The second-order valence-electron chi connectivity index (χ2n) is 9.43. The summed E-state index contributed by atoms with van der Waals surface area (Å²) in [5.74, 6) is -2.64. The van der Waals surface area contributed by atoms with Gasteiger partial charge in [-0.2, -0.15) is 0 Å². The lowest BCUT2D eigenvalue weighted by atomic mass is 10.0. The summed E-state index contributed by atoms with van der Waals surface area (Å²) in [6, 6.07) is 2.15. The number of hydrogen-bond acceptors (Lipinski definition) is 6. The fourth-order valence-electron chi connectivity index (χ4n) is 3.34. The second-order valence-corrected chi connectivity index (χ2v) is 9.43. The molecule has 0 saturated heterocycles. The van der Waals surface area contributed by atoms with Crippen LogP contribution in [0.5, 0.6) is 5.75 Å². The molecule has 7 N–H and O–H groups in total. The van der Waals surface area contributed by atoms with E-state index in [9.17, 15) is 29.4 Å². The Hall–Kier alpha value is -3.14. The minimum atomic E-state index is -1.17. The number of benzene rings is 1. The van der Waals surface area contributed by atoms with Crippen LogP contribution in [0.1, 0.15) is 53.0 Å². The topological polar surface area (TPSA) is 171 Å². The van der Waals surface area contributed by atoms with Crippen molar-refractivity contribution in [2.75, 3.05) is 0 Å². The molecule has 34 heavy (non-hydrogen) atoms. The van der Waals surface area contributed by atoms with Gasteiger partial charge in [-0.25, -0.2) is 4.79 Å². The maximum atomic E-state index is 13.0. The molecule has 190 valence electrons. The number of nitrogens with one attached hydrogen (secondary N) is 3. The molecule has 0 bridgehead atoms. The number of rotatable bonds is 13. The number of amides is 3. The van der Waals surface area contributed by atoms with E-state index in [4.69, 9.17) is 5.73 Å². The van der Waals surface area contributed by atoms with Crippen LogP contribution in [0.2, 0.25) is 0 Å². The number of aromatic hydroxyl groups is 1. The number of carbonyl (C=O) groups excluding carboxylic acids is 3. The van der Waals surface area contributed by atoms with Gasteiger partial charge in [0, 0.05) is 6.42 Å². The third-order valence-electron chi connectivity index (χ3n) is 5.14. The highest BCUT2D eigenvalue weighted by Gasteiger charge is 2.29. The molecule has 0 aliphatic heterocycles. The molecule has 0 saturated carbocycles. The van der Waals surface area contributed by atoms with Crippen molar-refractivity contribution >= 4 is 23.7 Å². The van der Waals surface area contributed by atoms with Crippen LogP contribution in [0, 0.1) is 11.8 Å². The SMILES string of the molecule is CC(C)CC(N)C(=O)NC(C)C(=O)NC(Cc1ccc(O)cc1)C(=O)NC(CC(C)C)C(=O)O. The van der Waals surface area contributed by atoms with Crippen LogP contribution in [0.4, 0.5) is 0 Å². The Labute approximate surface area is 200 Å². The average Bonchev–Trinajstić information content (AvgIpc) is 2.73. The average molecular weight is 479 g/mol. The van der Waals surface area contributed by atoms with Crippen molar-refractivity contribution in [2.45, 2.75) is 78.0 Å². The minimum Gasteiger partial charge on any atom is -0.508 e. The smallest absolute Gasteiger partial charge is 0.326 e. The number of carboxylic acid groups (broad SMARTS) is 1. The molecule has 1 aromatic rings. The molecule has 0 aromatic heterocycles. The van der Waals surface area contributed by atoms with E-state index in [0.29, 0.717) is 12.0 Å². The Kier molecular flexibility index (Phi) is 11.5. The van der Waals surface area contributed by atoms with Gasteiger partial charge in [-0.05, 0) is 49.3 Å². The number of nitrogens with two attached hydrogens (primary N) is 1. The number of carbonyl (C=O) groups is 4. The first-order valence-corrected chi connectivity index (χ1v) is 11.5. The third-order valence-corrected chi connectivity index (χ3v) is 5.14. The number of aliphatic carboxylic acids is 1. The lowest BCUT2D eigenvalue weighted by Crippen LogP contribution is -2.57. The number of phenols is 1. The van der Waals surface area contributed by atoms with Crippen LogP contribution in [-0.2, 0) is 25.6 Å².